The van der Waals surface area contributed by atoms with Gasteiger partial charge >= 0.3 is 0 Å². The van der Waals surface area contributed by atoms with E-state index >= 15 is 0 Å². The molecule has 16 heavy (non-hydrogen) atoms. The molecule has 1 saturated heterocycles. The van der Waals surface area contributed by atoms with Gasteiger partial charge in [0.15, 0.2) is 17.5 Å². The Morgan fingerprint density at radius 2 is 2.12 bits per heavy atom. The lowest BCUT2D eigenvalue weighted by Gasteiger charge is -2.32. The van der Waals surface area contributed by atoms with E-state index in [-0.39, 0.29) is 11.9 Å². The number of aromatic nitrogens is 1. The molecule has 2 heterocycles. The van der Waals surface area contributed by atoms with Crippen LogP contribution in [0, 0.1) is 17.6 Å². The summed E-state index contributed by atoms with van der Waals surface area (Å²) in [7, 11) is 0. The van der Waals surface area contributed by atoms with Gasteiger partial charge in [0.2, 0.25) is 0 Å². The van der Waals surface area contributed by atoms with Crippen LogP contribution in [0.4, 0.5) is 19.0 Å². The number of hydrogen-bond acceptors (Lipinski definition) is 3. The van der Waals surface area contributed by atoms with E-state index in [9.17, 15) is 13.2 Å². The number of nitrogens with zero attached hydrogens (tertiary/aromatic N) is 2. The lowest BCUT2D eigenvalue weighted by Crippen LogP contribution is -2.42. The summed E-state index contributed by atoms with van der Waals surface area (Å²) < 4.78 is 44.2. The molecule has 3 nitrogen and oxygen atoms in total. The maximum Gasteiger partial charge on any atom is 0.251 e. The third kappa shape index (κ3) is 2.11. The number of anilines is 1. The molecule has 0 amide bonds. The molecule has 1 fully saturated rings. The van der Waals surface area contributed by atoms with Gasteiger partial charge in [0, 0.05) is 19.2 Å². The fourth-order valence-corrected chi connectivity index (χ4v) is 1.67. The molecule has 0 spiro atoms. The Hall–Kier alpha value is -1.30. The molecule has 0 aliphatic carbocycles. The van der Waals surface area contributed by atoms with E-state index in [4.69, 9.17) is 4.74 Å². The summed E-state index contributed by atoms with van der Waals surface area (Å²) in [5.74, 6) is -3.57. The van der Waals surface area contributed by atoms with Crippen molar-refractivity contribution in [3.8, 4) is 0 Å². The largest absolute Gasteiger partial charge is 0.375 e. The molecule has 1 aliphatic rings. The van der Waals surface area contributed by atoms with Crippen molar-refractivity contribution >= 4 is 5.82 Å². The second kappa shape index (κ2) is 4.29. The van der Waals surface area contributed by atoms with E-state index < -0.39 is 17.6 Å². The van der Waals surface area contributed by atoms with Crippen LogP contribution in [-0.4, -0.2) is 30.8 Å². The maximum atomic E-state index is 13.4. The van der Waals surface area contributed by atoms with Crippen molar-refractivity contribution in [1.29, 1.82) is 0 Å². The highest BCUT2D eigenvalue weighted by atomic mass is 19.2. The number of morpholine rings is 1. The van der Waals surface area contributed by atoms with Crippen LogP contribution < -0.4 is 4.90 Å². The van der Waals surface area contributed by atoms with Crippen LogP contribution in [0.2, 0.25) is 0 Å². The number of hydrogen-bond donors (Lipinski definition) is 0. The summed E-state index contributed by atoms with van der Waals surface area (Å²) in [5, 5.41) is 0. The Morgan fingerprint density at radius 3 is 2.81 bits per heavy atom. The van der Waals surface area contributed by atoms with Crippen LogP contribution in [-0.2, 0) is 4.74 Å². The van der Waals surface area contributed by atoms with Gasteiger partial charge in [-0.1, -0.05) is 0 Å². The van der Waals surface area contributed by atoms with Gasteiger partial charge in [-0.2, -0.15) is 9.37 Å². The van der Waals surface area contributed by atoms with Crippen molar-refractivity contribution in [3.63, 3.8) is 0 Å². The normalized spacial score (nSPS) is 21.2. The number of rotatable bonds is 1. The first-order valence-electron chi connectivity index (χ1n) is 4.96. The molecule has 1 aromatic heterocycles. The second-order valence-electron chi connectivity index (χ2n) is 3.69. The Balaban J connectivity index is 2.29. The first-order chi connectivity index (χ1) is 7.58. The van der Waals surface area contributed by atoms with Gasteiger partial charge in [-0.3, -0.25) is 0 Å². The standard InChI is InChI=1S/C10H11F3N2O/c1-6-5-15(2-3-16-6)10-8(12)4-7(11)9(13)14-10/h4,6H,2-3,5H2,1H3. The van der Waals surface area contributed by atoms with Gasteiger partial charge < -0.3 is 9.64 Å². The average molecular weight is 232 g/mol. The van der Waals surface area contributed by atoms with Gasteiger partial charge in [0.1, 0.15) is 0 Å². The fourth-order valence-electron chi connectivity index (χ4n) is 1.67. The van der Waals surface area contributed by atoms with Gasteiger partial charge in [0.05, 0.1) is 12.7 Å². The number of pyridine rings is 1. The molecule has 1 aliphatic heterocycles. The minimum Gasteiger partial charge on any atom is -0.375 e. The molecular formula is C10H11F3N2O. The van der Waals surface area contributed by atoms with Crippen LogP contribution in [0.5, 0.6) is 0 Å². The third-order valence-electron chi connectivity index (χ3n) is 2.41. The monoisotopic (exact) mass is 232 g/mol. The predicted octanol–water partition coefficient (Wildman–Crippen LogP) is 1.72. The molecule has 6 heteroatoms. The van der Waals surface area contributed by atoms with Crippen molar-refractivity contribution in [2.75, 3.05) is 24.6 Å². The van der Waals surface area contributed by atoms with E-state index in [0.29, 0.717) is 25.8 Å². The van der Waals surface area contributed by atoms with Crippen molar-refractivity contribution in [1.82, 2.24) is 4.98 Å². The summed E-state index contributed by atoms with van der Waals surface area (Å²) in [6, 6.07) is 0.512. The van der Waals surface area contributed by atoms with Crippen molar-refractivity contribution < 1.29 is 17.9 Å². The zero-order valence-electron chi connectivity index (χ0n) is 8.71. The van der Waals surface area contributed by atoms with E-state index in [0.717, 1.165) is 0 Å². The zero-order chi connectivity index (χ0) is 11.7. The molecule has 88 valence electrons. The lowest BCUT2D eigenvalue weighted by atomic mass is 10.3. The molecule has 1 atom stereocenters. The smallest absolute Gasteiger partial charge is 0.251 e. The Labute approximate surface area is 90.8 Å². The van der Waals surface area contributed by atoms with E-state index in [1.807, 2.05) is 6.92 Å². The minimum atomic E-state index is -1.28. The second-order valence-corrected chi connectivity index (χ2v) is 3.69. The van der Waals surface area contributed by atoms with Crippen LogP contribution >= 0.6 is 0 Å². The molecule has 0 saturated carbocycles. The van der Waals surface area contributed by atoms with Crippen LogP contribution in [0.15, 0.2) is 6.07 Å². The molecule has 1 aromatic rings. The zero-order valence-corrected chi connectivity index (χ0v) is 8.71. The Bertz CT molecular complexity index is 400. The van der Waals surface area contributed by atoms with Gasteiger partial charge in [-0.15, -0.1) is 0 Å². The van der Waals surface area contributed by atoms with Gasteiger partial charge in [0.25, 0.3) is 5.95 Å². The third-order valence-corrected chi connectivity index (χ3v) is 2.41. The Morgan fingerprint density at radius 1 is 1.38 bits per heavy atom. The summed E-state index contributed by atoms with van der Waals surface area (Å²) in [5.41, 5.74) is 0. The maximum absolute atomic E-state index is 13.4. The van der Waals surface area contributed by atoms with Crippen molar-refractivity contribution in [2.45, 2.75) is 13.0 Å². The first kappa shape index (κ1) is 11.2. The van der Waals surface area contributed by atoms with Crippen LogP contribution in [0.1, 0.15) is 6.92 Å². The summed E-state index contributed by atoms with van der Waals surface area (Å²) in [6.07, 6.45) is -0.0805. The highest BCUT2D eigenvalue weighted by Gasteiger charge is 2.22. The van der Waals surface area contributed by atoms with Gasteiger partial charge in [-0.25, -0.2) is 8.78 Å². The quantitative estimate of drug-likeness (QED) is 0.689. The molecule has 0 radical (unpaired) electrons. The molecular weight excluding hydrogens is 221 g/mol. The molecule has 0 bridgehead atoms. The average Bonchev–Trinajstić information content (AvgIpc) is 2.23. The summed E-state index contributed by atoms with van der Waals surface area (Å²) in [4.78, 5) is 4.83. The summed E-state index contributed by atoms with van der Waals surface area (Å²) in [6.45, 7) is 3.07. The summed E-state index contributed by atoms with van der Waals surface area (Å²) >= 11 is 0. The number of ether oxygens (including phenoxy) is 1. The highest BCUT2D eigenvalue weighted by Crippen LogP contribution is 2.20. The van der Waals surface area contributed by atoms with Crippen LogP contribution in [0.3, 0.4) is 0 Å². The lowest BCUT2D eigenvalue weighted by molar-refractivity contribution is 0.0526. The molecule has 2 rings (SSSR count). The SMILES string of the molecule is CC1CN(c2nc(F)c(F)cc2F)CCO1. The molecule has 1 unspecified atom stereocenters. The first-order valence-corrected chi connectivity index (χ1v) is 4.96. The topological polar surface area (TPSA) is 25.4 Å². The van der Waals surface area contributed by atoms with E-state index in [1.54, 1.807) is 4.90 Å². The van der Waals surface area contributed by atoms with Crippen molar-refractivity contribution in [3.05, 3.63) is 23.6 Å². The predicted molar refractivity (Wildman–Crippen MR) is 51.7 cm³/mol. The van der Waals surface area contributed by atoms with E-state index in [2.05, 4.69) is 4.98 Å². The minimum absolute atomic E-state index is 0.0805. The highest BCUT2D eigenvalue weighted by molar-refractivity contribution is 5.40. The molecule has 0 aromatic carbocycles. The van der Waals surface area contributed by atoms with Crippen LogP contribution in [0.25, 0.3) is 0 Å². The van der Waals surface area contributed by atoms with Gasteiger partial charge in [-0.05, 0) is 6.92 Å². The number of halogens is 3. The van der Waals surface area contributed by atoms with Crippen molar-refractivity contribution in [2.24, 2.45) is 0 Å². The Kier molecular flexibility index (Phi) is 3.00. The fraction of sp³-hybridized carbons (Fsp3) is 0.500. The molecule has 0 N–H and O–H groups in total. The van der Waals surface area contributed by atoms with E-state index in [1.165, 1.54) is 0 Å².